The summed E-state index contributed by atoms with van der Waals surface area (Å²) in [6.45, 7) is 0.859. The fourth-order valence-corrected chi connectivity index (χ4v) is 2.58. The highest BCUT2D eigenvalue weighted by atomic mass is 19.4. The van der Waals surface area contributed by atoms with Gasteiger partial charge in [0.1, 0.15) is 5.69 Å². The number of carbonyl (C=O) groups is 1. The molecule has 168 valence electrons. The van der Waals surface area contributed by atoms with Crippen LogP contribution in [0.5, 0.6) is 5.75 Å². The van der Waals surface area contributed by atoms with Crippen LogP contribution in [0.2, 0.25) is 0 Å². The normalized spacial score (nSPS) is 11.5. The highest BCUT2D eigenvalue weighted by Gasteiger charge is 2.38. The van der Waals surface area contributed by atoms with Gasteiger partial charge in [-0.3, -0.25) is 19.5 Å². The van der Waals surface area contributed by atoms with Gasteiger partial charge < -0.3 is 9.47 Å². The third kappa shape index (κ3) is 5.13. The lowest BCUT2D eigenvalue weighted by Crippen LogP contribution is -2.30. The predicted molar refractivity (Wildman–Crippen MR) is 93.7 cm³/mol. The maximum absolute atomic E-state index is 13.4. The van der Waals surface area contributed by atoms with E-state index >= 15 is 0 Å². The molecule has 1 aromatic carbocycles. The van der Waals surface area contributed by atoms with Crippen LogP contribution in [0.4, 0.5) is 27.6 Å². The fraction of sp³-hybridized carbons (Fsp3) is 0.353. The van der Waals surface area contributed by atoms with Gasteiger partial charge in [0.25, 0.3) is 12.0 Å². The lowest BCUT2D eigenvalue weighted by Gasteiger charge is -2.16. The number of nitrogens with zero attached hydrogens (tertiary/aromatic N) is 3. The lowest BCUT2D eigenvalue weighted by atomic mass is 10.0. The van der Waals surface area contributed by atoms with Gasteiger partial charge in [-0.1, -0.05) is 0 Å². The largest absolute Gasteiger partial charge is 0.475 e. The van der Waals surface area contributed by atoms with Crippen molar-refractivity contribution in [3.63, 3.8) is 0 Å². The molecule has 0 atom stereocenters. The third-order valence-electron chi connectivity index (χ3n) is 3.87. The standard InChI is InChI=1S/C17H14F5N3O6/c1-3-30-11(26)7-31-10-5-4-8(6-9(10)25(28)29)12-13(14(18)19)23-16(17(20,21)22)24(2)15(12)27/h4-6,14H,3,7H2,1-2H3. The van der Waals surface area contributed by atoms with E-state index in [4.69, 9.17) is 4.74 Å². The first kappa shape index (κ1) is 23.7. The number of carbonyl (C=O) groups excluding carboxylic acids is 1. The molecule has 9 nitrogen and oxygen atoms in total. The minimum Gasteiger partial charge on any atom is -0.475 e. The van der Waals surface area contributed by atoms with Crippen LogP contribution in [0.3, 0.4) is 0 Å². The number of ether oxygens (including phenoxy) is 2. The van der Waals surface area contributed by atoms with Crippen molar-refractivity contribution in [2.75, 3.05) is 13.2 Å². The fourth-order valence-electron chi connectivity index (χ4n) is 2.58. The van der Waals surface area contributed by atoms with Crippen molar-refractivity contribution in [1.29, 1.82) is 0 Å². The first-order valence-electron chi connectivity index (χ1n) is 8.41. The molecular formula is C17H14F5N3O6. The molecule has 0 saturated carbocycles. The zero-order valence-corrected chi connectivity index (χ0v) is 15.9. The van der Waals surface area contributed by atoms with E-state index in [1.54, 1.807) is 0 Å². The quantitative estimate of drug-likeness (QED) is 0.275. The molecule has 0 unspecified atom stereocenters. The second kappa shape index (κ2) is 9.06. The van der Waals surface area contributed by atoms with Crippen LogP contribution in [-0.2, 0) is 22.8 Å². The second-order valence-corrected chi connectivity index (χ2v) is 5.89. The molecule has 1 aromatic heterocycles. The molecule has 14 heteroatoms. The molecule has 0 aliphatic rings. The van der Waals surface area contributed by atoms with Crippen LogP contribution >= 0.6 is 0 Å². The molecule has 0 spiro atoms. The van der Waals surface area contributed by atoms with Crippen molar-refractivity contribution in [3.8, 4) is 16.9 Å². The van der Waals surface area contributed by atoms with Gasteiger partial charge in [-0.25, -0.2) is 18.6 Å². The monoisotopic (exact) mass is 451 g/mol. The average molecular weight is 451 g/mol. The number of halogens is 5. The van der Waals surface area contributed by atoms with Crippen LogP contribution in [0.1, 0.15) is 24.9 Å². The minimum absolute atomic E-state index is 0.0260. The van der Waals surface area contributed by atoms with Crippen molar-refractivity contribution in [2.45, 2.75) is 19.5 Å². The number of hydrogen-bond donors (Lipinski definition) is 0. The van der Waals surface area contributed by atoms with E-state index in [1.807, 2.05) is 0 Å². The first-order valence-corrected chi connectivity index (χ1v) is 8.41. The SMILES string of the molecule is CCOC(=O)COc1ccc(-c2c(C(F)F)nc(C(F)(F)F)n(C)c2=O)cc1[N+](=O)[O-]. The molecule has 31 heavy (non-hydrogen) atoms. The summed E-state index contributed by atoms with van der Waals surface area (Å²) >= 11 is 0. The Bertz CT molecular complexity index is 1070. The zero-order valence-electron chi connectivity index (χ0n) is 15.9. The number of nitro benzene ring substituents is 1. The Labute approximate surface area is 170 Å². The second-order valence-electron chi connectivity index (χ2n) is 5.89. The number of hydrogen-bond acceptors (Lipinski definition) is 7. The smallest absolute Gasteiger partial charge is 0.449 e. The van der Waals surface area contributed by atoms with Crippen LogP contribution in [0.25, 0.3) is 11.1 Å². The van der Waals surface area contributed by atoms with Gasteiger partial charge in [0.2, 0.25) is 5.82 Å². The van der Waals surface area contributed by atoms with Gasteiger partial charge in [0.15, 0.2) is 12.4 Å². The van der Waals surface area contributed by atoms with E-state index in [0.29, 0.717) is 13.1 Å². The maximum atomic E-state index is 13.4. The van der Waals surface area contributed by atoms with Crippen molar-refractivity contribution in [3.05, 3.63) is 50.2 Å². The number of rotatable bonds is 7. The predicted octanol–water partition coefficient (Wildman–Crippen LogP) is 3.25. The van der Waals surface area contributed by atoms with Crippen molar-refractivity contribution < 1.29 is 41.1 Å². The third-order valence-corrected chi connectivity index (χ3v) is 3.87. The first-order chi connectivity index (χ1) is 14.4. The Morgan fingerprint density at radius 2 is 1.97 bits per heavy atom. The number of alkyl halides is 5. The molecule has 0 radical (unpaired) electrons. The van der Waals surface area contributed by atoms with E-state index in [9.17, 15) is 41.7 Å². The van der Waals surface area contributed by atoms with E-state index in [1.165, 1.54) is 6.92 Å². The summed E-state index contributed by atoms with van der Waals surface area (Å²) in [7, 11) is 0.683. The van der Waals surface area contributed by atoms with Crippen LogP contribution < -0.4 is 10.3 Å². The summed E-state index contributed by atoms with van der Waals surface area (Å²) in [6, 6.07) is 2.53. The summed E-state index contributed by atoms with van der Waals surface area (Å²) in [5.41, 5.74) is -5.20. The van der Waals surface area contributed by atoms with Crippen molar-refractivity contribution in [2.24, 2.45) is 7.05 Å². The van der Waals surface area contributed by atoms with Crippen molar-refractivity contribution >= 4 is 11.7 Å². The highest BCUT2D eigenvalue weighted by molar-refractivity contribution is 5.73. The molecular weight excluding hydrogens is 437 g/mol. The average Bonchev–Trinajstić information content (AvgIpc) is 2.67. The van der Waals surface area contributed by atoms with Crippen LogP contribution in [0, 0.1) is 10.1 Å². The Kier molecular flexibility index (Phi) is 6.92. The van der Waals surface area contributed by atoms with Gasteiger partial charge in [-0.05, 0) is 24.6 Å². The zero-order chi connectivity index (χ0) is 23.5. The molecule has 2 aromatic rings. The Morgan fingerprint density at radius 1 is 1.32 bits per heavy atom. The molecule has 0 bridgehead atoms. The molecule has 0 saturated heterocycles. The number of esters is 1. The van der Waals surface area contributed by atoms with E-state index in [0.717, 1.165) is 12.1 Å². The molecule has 0 aliphatic heterocycles. The van der Waals surface area contributed by atoms with E-state index in [-0.39, 0.29) is 11.2 Å². The number of benzene rings is 1. The molecule has 0 fully saturated rings. The summed E-state index contributed by atoms with van der Waals surface area (Å²) in [5, 5.41) is 11.3. The number of nitro groups is 1. The Hall–Kier alpha value is -3.58. The maximum Gasteiger partial charge on any atom is 0.449 e. The van der Waals surface area contributed by atoms with Gasteiger partial charge in [-0.15, -0.1) is 0 Å². The molecule has 1 heterocycles. The van der Waals surface area contributed by atoms with Crippen LogP contribution in [-0.4, -0.2) is 33.7 Å². The molecule has 0 aliphatic carbocycles. The molecule has 0 N–H and O–H groups in total. The lowest BCUT2D eigenvalue weighted by molar-refractivity contribution is -0.385. The van der Waals surface area contributed by atoms with Crippen molar-refractivity contribution in [1.82, 2.24) is 9.55 Å². The van der Waals surface area contributed by atoms with E-state index < -0.39 is 69.7 Å². The minimum atomic E-state index is -5.19. The molecule has 2 rings (SSSR count). The summed E-state index contributed by atoms with van der Waals surface area (Å²) < 4.78 is 75.5. The number of aromatic nitrogens is 2. The van der Waals surface area contributed by atoms with Gasteiger partial charge in [-0.2, -0.15) is 13.2 Å². The topological polar surface area (TPSA) is 114 Å². The van der Waals surface area contributed by atoms with E-state index in [2.05, 4.69) is 9.72 Å². The van der Waals surface area contributed by atoms with Gasteiger partial charge in [0, 0.05) is 13.1 Å². The summed E-state index contributed by atoms with van der Waals surface area (Å²) in [5.74, 6) is -3.13. The summed E-state index contributed by atoms with van der Waals surface area (Å²) in [4.78, 5) is 37.0. The Balaban J connectivity index is 2.64. The highest BCUT2D eigenvalue weighted by Crippen LogP contribution is 2.36. The summed E-state index contributed by atoms with van der Waals surface area (Å²) in [6.07, 6.45) is -8.77. The molecule has 0 amide bonds. The Morgan fingerprint density at radius 3 is 2.48 bits per heavy atom. The van der Waals surface area contributed by atoms with Gasteiger partial charge in [0.05, 0.1) is 17.1 Å². The van der Waals surface area contributed by atoms with Crippen LogP contribution in [0.15, 0.2) is 23.0 Å². The van der Waals surface area contributed by atoms with Gasteiger partial charge >= 0.3 is 17.8 Å².